The molecule has 0 fully saturated rings. The Morgan fingerprint density at radius 2 is 1.96 bits per heavy atom. The van der Waals surface area contributed by atoms with Gasteiger partial charge in [0.25, 0.3) is 5.91 Å². The van der Waals surface area contributed by atoms with E-state index < -0.39 is 11.5 Å². The molecule has 0 saturated heterocycles. The number of benzene rings is 2. The average molecular weight is 307 g/mol. The number of hydrogen-bond donors (Lipinski definition) is 2. The number of rotatable bonds is 4. The van der Waals surface area contributed by atoms with Crippen LogP contribution in [-0.4, -0.2) is 16.8 Å². The number of carbonyl (C=O) groups is 2. The van der Waals surface area contributed by atoms with Crippen molar-refractivity contribution in [3.05, 3.63) is 71.3 Å². The Kier molecular flexibility index (Phi) is 3.84. The summed E-state index contributed by atoms with van der Waals surface area (Å²) in [6.45, 7) is 1.88. The van der Waals surface area contributed by atoms with Gasteiger partial charge in [-0.3, -0.25) is 9.59 Å². The molecular weight excluding hydrogens is 290 g/mol. The van der Waals surface area contributed by atoms with E-state index in [1.165, 1.54) is 6.08 Å². The summed E-state index contributed by atoms with van der Waals surface area (Å²) in [7, 11) is 0. The second-order valence-corrected chi connectivity index (χ2v) is 5.75. The van der Waals surface area contributed by atoms with E-state index in [0.29, 0.717) is 11.3 Å². The predicted molar refractivity (Wildman–Crippen MR) is 88.8 cm³/mol. The van der Waals surface area contributed by atoms with Crippen LogP contribution < -0.4 is 5.32 Å². The van der Waals surface area contributed by atoms with Crippen LogP contribution in [0.5, 0.6) is 0 Å². The molecule has 1 aliphatic heterocycles. The third-order valence-corrected chi connectivity index (χ3v) is 3.94. The smallest absolute Gasteiger partial charge is 0.261 e. The van der Waals surface area contributed by atoms with Gasteiger partial charge in [-0.1, -0.05) is 54.1 Å². The summed E-state index contributed by atoms with van der Waals surface area (Å²) in [4.78, 5) is 24.3. The van der Waals surface area contributed by atoms with E-state index in [1.54, 1.807) is 18.2 Å². The number of allylic oxidation sites excluding steroid dienone is 1. The molecule has 2 N–H and O–H groups in total. The first-order valence-corrected chi connectivity index (χ1v) is 7.40. The number of ketones is 1. The standard InChI is InChI=1S/C19H17NO3/c1-13-7-10-17-16(11-13)19(23,18(22)20-17)12-15(21)9-8-14-5-3-2-4-6-14/h2-11,23H,12H2,1H3,(H,20,22)/t19-/m1/s1. The Bertz CT molecular complexity index is 796. The number of hydrogen-bond acceptors (Lipinski definition) is 3. The van der Waals surface area contributed by atoms with E-state index in [4.69, 9.17) is 0 Å². The molecule has 0 aliphatic carbocycles. The summed E-state index contributed by atoms with van der Waals surface area (Å²) < 4.78 is 0. The quantitative estimate of drug-likeness (QED) is 0.854. The van der Waals surface area contributed by atoms with Crippen LogP contribution in [-0.2, 0) is 15.2 Å². The van der Waals surface area contributed by atoms with Gasteiger partial charge in [-0.15, -0.1) is 0 Å². The highest BCUT2D eigenvalue weighted by molar-refractivity contribution is 6.08. The fourth-order valence-electron chi connectivity index (χ4n) is 2.70. The zero-order chi connectivity index (χ0) is 16.4. The second kappa shape index (κ2) is 5.82. The maximum atomic E-state index is 12.2. The molecule has 116 valence electrons. The van der Waals surface area contributed by atoms with Gasteiger partial charge in [0.1, 0.15) is 0 Å². The summed E-state index contributed by atoms with van der Waals surface area (Å²) in [5.74, 6) is -0.861. The number of nitrogens with one attached hydrogen (secondary N) is 1. The minimum absolute atomic E-state index is 0.279. The minimum atomic E-state index is -1.81. The largest absolute Gasteiger partial charge is 0.375 e. The number of amides is 1. The first-order valence-electron chi connectivity index (χ1n) is 7.40. The SMILES string of the molecule is Cc1ccc2c(c1)[C@](O)(CC(=O)C=Cc1ccccc1)C(=O)N2. The average Bonchev–Trinajstić information content (AvgIpc) is 2.78. The third-order valence-electron chi connectivity index (χ3n) is 3.94. The molecule has 23 heavy (non-hydrogen) atoms. The Labute approximate surface area is 134 Å². The van der Waals surface area contributed by atoms with Crippen molar-refractivity contribution in [2.24, 2.45) is 0 Å². The number of aryl methyl sites for hydroxylation is 1. The van der Waals surface area contributed by atoms with Gasteiger partial charge in [-0.05, 0) is 24.6 Å². The Hall–Kier alpha value is -2.72. The van der Waals surface area contributed by atoms with Crippen molar-refractivity contribution in [2.75, 3.05) is 5.32 Å². The van der Waals surface area contributed by atoms with Crippen molar-refractivity contribution >= 4 is 23.5 Å². The van der Waals surface area contributed by atoms with Gasteiger partial charge in [0.05, 0.1) is 6.42 Å². The highest BCUT2D eigenvalue weighted by Crippen LogP contribution is 2.39. The van der Waals surface area contributed by atoms with Crippen LogP contribution in [0.25, 0.3) is 6.08 Å². The molecule has 3 rings (SSSR count). The molecule has 0 saturated carbocycles. The van der Waals surface area contributed by atoms with E-state index >= 15 is 0 Å². The van der Waals surface area contributed by atoms with E-state index in [1.807, 2.05) is 43.3 Å². The minimum Gasteiger partial charge on any atom is -0.375 e. The maximum absolute atomic E-state index is 12.2. The van der Waals surface area contributed by atoms with Crippen LogP contribution in [0, 0.1) is 6.92 Å². The molecule has 1 aliphatic rings. The lowest BCUT2D eigenvalue weighted by Gasteiger charge is -2.19. The lowest BCUT2D eigenvalue weighted by molar-refractivity contribution is -0.138. The van der Waals surface area contributed by atoms with E-state index in [0.717, 1.165) is 11.1 Å². The van der Waals surface area contributed by atoms with Crippen LogP contribution in [0.4, 0.5) is 5.69 Å². The monoisotopic (exact) mass is 307 g/mol. The van der Waals surface area contributed by atoms with Crippen LogP contribution in [0.3, 0.4) is 0 Å². The highest BCUT2D eigenvalue weighted by atomic mass is 16.3. The second-order valence-electron chi connectivity index (χ2n) is 5.75. The van der Waals surface area contributed by atoms with Gasteiger partial charge < -0.3 is 10.4 Å². The molecule has 0 unspecified atom stereocenters. The molecule has 1 atom stereocenters. The lowest BCUT2D eigenvalue weighted by Crippen LogP contribution is -2.36. The highest BCUT2D eigenvalue weighted by Gasteiger charge is 2.46. The molecule has 1 heterocycles. The van der Waals surface area contributed by atoms with Crippen molar-refractivity contribution < 1.29 is 14.7 Å². The number of fused-ring (bicyclic) bond motifs is 1. The molecule has 1 amide bonds. The van der Waals surface area contributed by atoms with Crippen molar-refractivity contribution in [3.63, 3.8) is 0 Å². The van der Waals surface area contributed by atoms with E-state index in [9.17, 15) is 14.7 Å². The van der Waals surface area contributed by atoms with Crippen molar-refractivity contribution in [3.8, 4) is 0 Å². The van der Waals surface area contributed by atoms with Crippen molar-refractivity contribution in [1.29, 1.82) is 0 Å². The molecule has 0 radical (unpaired) electrons. The molecule has 0 spiro atoms. The maximum Gasteiger partial charge on any atom is 0.261 e. The number of anilines is 1. The van der Waals surface area contributed by atoms with Crippen LogP contribution in [0.2, 0.25) is 0 Å². The summed E-state index contributed by atoms with van der Waals surface area (Å²) in [6, 6.07) is 14.7. The van der Waals surface area contributed by atoms with Crippen molar-refractivity contribution in [2.45, 2.75) is 18.9 Å². The normalized spacial score (nSPS) is 19.7. The molecule has 4 nitrogen and oxygen atoms in total. The van der Waals surface area contributed by atoms with Crippen LogP contribution in [0.1, 0.15) is 23.1 Å². The van der Waals surface area contributed by atoms with E-state index in [2.05, 4.69) is 5.32 Å². The van der Waals surface area contributed by atoms with Gasteiger partial charge in [0.2, 0.25) is 0 Å². The first kappa shape index (κ1) is 15.2. The van der Waals surface area contributed by atoms with Gasteiger partial charge >= 0.3 is 0 Å². The molecule has 4 heteroatoms. The van der Waals surface area contributed by atoms with Crippen molar-refractivity contribution in [1.82, 2.24) is 0 Å². The summed E-state index contributed by atoms with van der Waals surface area (Å²) in [5, 5.41) is 13.4. The van der Waals surface area contributed by atoms with E-state index in [-0.39, 0.29) is 12.2 Å². The topological polar surface area (TPSA) is 66.4 Å². The van der Waals surface area contributed by atoms with Gasteiger partial charge in [0.15, 0.2) is 11.4 Å². The molecular formula is C19H17NO3. The summed E-state index contributed by atoms with van der Waals surface area (Å²) in [5.41, 5.74) is 1.03. The number of carbonyl (C=O) groups excluding carboxylic acids is 2. The molecule has 2 aromatic rings. The Balaban J connectivity index is 1.82. The predicted octanol–water partition coefficient (Wildman–Crippen LogP) is 2.81. The lowest BCUT2D eigenvalue weighted by atomic mass is 9.89. The fraction of sp³-hybridized carbons (Fsp3) is 0.158. The Morgan fingerprint density at radius 1 is 1.22 bits per heavy atom. The summed E-state index contributed by atoms with van der Waals surface area (Å²) in [6.07, 6.45) is 2.79. The zero-order valence-corrected chi connectivity index (χ0v) is 12.7. The molecule has 0 aromatic heterocycles. The van der Waals surface area contributed by atoms with Crippen LogP contribution in [0.15, 0.2) is 54.6 Å². The zero-order valence-electron chi connectivity index (χ0n) is 12.7. The fourth-order valence-corrected chi connectivity index (χ4v) is 2.70. The van der Waals surface area contributed by atoms with Gasteiger partial charge in [0, 0.05) is 11.3 Å². The van der Waals surface area contributed by atoms with Gasteiger partial charge in [-0.2, -0.15) is 0 Å². The third kappa shape index (κ3) is 2.94. The Morgan fingerprint density at radius 3 is 2.70 bits per heavy atom. The number of aliphatic hydroxyl groups is 1. The molecule has 0 bridgehead atoms. The van der Waals surface area contributed by atoms with Crippen LogP contribution >= 0.6 is 0 Å². The summed E-state index contributed by atoms with van der Waals surface area (Å²) >= 11 is 0. The first-order chi connectivity index (χ1) is 11.0. The molecule has 2 aromatic carbocycles. The van der Waals surface area contributed by atoms with Gasteiger partial charge in [-0.25, -0.2) is 0 Å².